The van der Waals surface area contributed by atoms with Crippen LogP contribution in [-0.2, 0) is 11.2 Å². The van der Waals surface area contributed by atoms with Crippen LogP contribution in [0.4, 0.5) is 13.2 Å². The highest BCUT2D eigenvalue weighted by Gasteiger charge is 2.41. The maximum atomic E-state index is 12.0. The van der Waals surface area contributed by atoms with Gasteiger partial charge in [0.15, 0.2) is 0 Å². The van der Waals surface area contributed by atoms with Crippen LogP contribution in [0.15, 0.2) is 43.2 Å². The fourth-order valence-corrected chi connectivity index (χ4v) is 2.32. The number of halogens is 3. The maximum absolute atomic E-state index is 12.0. The number of rotatable bonds is 6. The summed E-state index contributed by atoms with van der Waals surface area (Å²) in [7, 11) is 0. The molecule has 0 saturated heterocycles. The largest absolute Gasteiger partial charge is 0.522 e. The topological polar surface area (TPSA) is 37.9 Å². The van der Waals surface area contributed by atoms with Gasteiger partial charge in [-0.3, -0.25) is 4.74 Å². The molecule has 0 unspecified atom stereocenters. The summed E-state index contributed by atoms with van der Waals surface area (Å²) in [4.78, 5) is 7.39. The van der Waals surface area contributed by atoms with Gasteiger partial charge in [-0.25, -0.2) is 4.98 Å². The lowest BCUT2D eigenvalue weighted by Crippen LogP contribution is -2.35. The number of allylic oxidation sites excluding steroid dienone is 4. The highest BCUT2D eigenvalue weighted by molar-refractivity contribution is 5.26. The lowest BCUT2D eigenvalue weighted by atomic mass is 9.82. The number of nitrogens with one attached hydrogen (secondary N) is 1. The lowest BCUT2D eigenvalue weighted by molar-refractivity contribution is -0.352. The Bertz CT molecular complexity index is 539. The van der Waals surface area contributed by atoms with Gasteiger partial charge >= 0.3 is 6.36 Å². The minimum atomic E-state index is -4.56. The number of hydrogen-bond donors (Lipinski definition) is 1. The summed E-state index contributed by atoms with van der Waals surface area (Å²) in [5, 5.41) is 0. The van der Waals surface area contributed by atoms with E-state index in [0.29, 0.717) is 25.1 Å². The van der Waals surface area contributed by atoms with E-state index in [1.807, 2.05) is 6.08 Å². The SMILES string of the molecule is C=C/C=C(\C=C)Cc1cnc(C2CC(OC(F)(F)F)C2)[nH]1. The van der Waals surface area contributed by atoms with E-state index in [1.165, 1.54) is 0 Å². The summed E-state index contributed by atoms with van der Waals surface area (Å²) < 4.78 is 40.1. The molecule has 1 saturated carbocycles. The fraction of sp³-hybridized carbons (Fsp3) is 0.400. The molecule has 0 aromatic carbocycles. The number of aromatic nitrogens is 2. The Labute approximate surface area is 121 Å². The second-order valence-electron chi connectivity index (χ2n) is 5.01. The average molecular weight is 298 g/mol. The standard InChI is InChI=1S/C15H17F3N2O/c1-3-5-10(4-2)6-12-9-19-14(20-12)11-7-13(8-11)21-15(16,17)18/h3-5,9,11,13H,1-2,6-8H2,(H,19,20)/b10-5+. The van der Waals surface area contributed by atoms with Gasteiger partial charge in [0.25, 0.3) is 0 Å². The molecule has 0 bridgehead atoms. The first-order valence-electron chi connectivity index (χ1n) is 6.63. The number of nitrogens with zero attached hydrogens (tertiary/aromatic N) is 1. The van der Waals surface area contributed by atoms with Crippen molar-refractivity contribution in [1.29, 1.82) is 0 Å². The van der Waals surface area contributed by atoms with Gasteiger partial charge < -0.3 is 4.98 Å². The molecule has 1 heterocycles. The van der Waals surface area contributed by atoms with Crippen molar-refractivity contribution in [3.8, 4) is 0 Å². The van der Waals surface area contributed by atoms with E-state index in [2.05, 4.69) is 27.9 Å². The third kappa shape index (κ3) is 4.32. The van der Waals surface area contributed by atoms with Crippen molar-refractivity contribution in [2.75, 3.05) is 0 Å². The molecular weight excluding hydrogens is 281 g/mol. The van der Waals surface area contributed by atoms with Gasteiger partial charge in [0, 0.05) is 24.2 Å². The molecule has 1 N–H and O–H groups in total. The monoisotopic (exact) mass is 298 g/mol. The van der Waals surface area contributed by atoms with Crippen molar-refractivity contribution in [2.45, 2.75) is 37.6 Å². The maximum Gasteiger partial charge on any atom is 0.522 e. The molecule has 1 aliphatic rings. The molecule has 0 aliphatic heterocycles. The van der Waals surface area contributed by atoms with Crippen molar-refractivity contribution in [2.24, 2.45) is 0 Å². The van der Waals surface area contributed by atoms with Crippen LogP contribution in [0, 0.1) is 0 Å². The number of alkyl halides is 3. The van der Waals surface area contributed by atoms with Crippen LogP contribution < -0.4 is 0 Å². The molecule has 1 aromatic rings. The number of imidazole rings is 1. The predicted molar refractivity (Wildman–Crippen MR) is 73.7 cm³/mol. The first kappa shape index (κ1) is 15.6. The quantitative estimate of drug-likeness (QED) is 0.805. The van der Waals surface area contributed by atoms with Crippen molar-refractivity contribution in [3.63, 3.8) is 0 Å². The Balaban J connectivity index is 1.89. The molecule has 1 aromatic heterocycles. The third-order valence-corrected chi connectivity index (χ3v) is 3.42. The molecule has 1 fully saturated rings. The van der Waals surface area contributed by atoms with E-state index in [4.69, 9.17) is 0 Å². The molecule has 0 amide bonds. The molecule has 3 nitrogen and oxygen atoms in total. The van der Waals surface area contributed by atoms with Crippen molar-refractivity contribution >= 4 is 0 Å². The van der Waals surface area contributed by atoms with Crippen LogP contribution in [0.1, 0.15) is 30.3 Å². The smallest absolute Gasteiger partial charge is 0.345 e. The van der Waals surface area contributed by atoms with Crippen LogP contribution in [-0.4, -0.2) is 22.4 Å². The number of ether oxygens (including phenoxy) is 1. The van der Waals surface area contributed by atoms with Crippen LogP contribution in [0.25, 0.3) is 0 Å². The minimum absolute atomic E-state index is 0.00154. The number of hydrogen-bond acceptors (Lipinski definition) is 2. The molecular formula is C15H17F3N2O. The molecule has 0 atom stereocenters. The zero-order valence-corrected chi connectivity index (χ0v) is 11.5. The zero-order chi connectivity index (χ0) is 15.5. The predicted octanol–water partition coefficient (Wildman–Crippen LogP) is 4.03. The second kappa shape index (κ2) is 6.30. The van der Waals surface area contributed by atoms with Crippen LogP contribution in [0.5, 0.6) is 0 Å². The van der Waals surface area contributed by atoms with Gasteiger partial charge in [0.2, 0.25) is 0 Å². The lowest BCUT2D eigenvalue weighted by Gasteiger charge is -2.34. The zero-order valence-electron chi connectivity index (χ0n) is 11.5. The summed E-state index contributed by atoms with van der Waals surface area (Å²) in [6, 6.07) is 0. The first-order valence-corrected chi connectivity index (χ1v) is 6.63. The summed E-state index contributed by atoms with van der Waals surface area (Å²) >= 11 is 0. The molecule has 21 heavy (non-hydrogen) atoms. The van der Waals surface area contributed by atoms with E-state index in [-0.39, 0.29) is 5.92 Å². The van der Waals surface area contributed by atoms with Gasteiger partial charge in [-0.15, -0.1) is 13.2 Å². The van der Waals surface area contributed by atoms with Crippen molar-refractivity contribution in [3.05, 3.63) is 54.7 Å². The third-order valence-electron chi connectivity index (χ3n) is 3.42. The molecule has 114 valence electrons. The fourth-order valence-electron chi connectivity index (χ4n) is 2.32. The Kier molecular flexibility index (Phi) is 4.67. The molecule has 0 radical (unpaired) electrons. The Hall–Kier alpha value is -1.82. The Morgan fingerprint density at radius 3 is 2.71 bits per heavy atom. The van der Waals surface area contributed by atoms with E-state index in [9.17, 15) is 13.2 Å². The normalized spacial score (nSPS) is 22.7. The molecule has 2 rings (SSSR count). The van der Waals surface area contributed by atoms with Gasteiger partial charge in [-0.1, -0.05) is 31.4 Å². The van der Waals surface area contributed by atoms with Crippen LogP contribution in [0.3, 0.4) is 0 Å². The van der Waals surface area contributed by atoms with Crippen molar-refractivity contribution < 1.29 is 17.9 Å². The van der Waals surface area contributed by atoms with Gasteiger partial charge in [-0.2, -0.15) is 0 Å². The average Bonchev–Trinajstić information content (AvgIpc) is 2.79. The van der Waals surface area contributed by atoms with Crippen LogP contribution in [0.2, 0.25) is 0 Å². The number of aromatic amines is 1. The molecule has 6 heteroatoms. The Morgan fingerprint density at radius 1 is 1.43 bits per heavy atom. The van der Waals surface area contributed by atoms with E-state index in [0.717, 1.165) is 11.3 Å². The first-order chi connectivity index (χ1) is 9.91. The minimum Gasteiger partial charge on any atom is -0.345 e. The van der Waals surface area contributed by atoms with E-state index in [1.54, 1.807) is 18.3 Å². The highest BCUT2D eigenvalue weighted by atomic mass is 19.4. The molecule has 1 aliphatic carbocycles. The summed E-state index contributed by atoms with van der Waals surface area (Å²) in [6.07, 6.45) is 2.96. The van der Waals surface area contributed by atoms with Crippen LogP contribution >= 0.6 is 0 Å². The Morgan fingerprint density at radius 2 is 2.14 bits per heavy atom. The highest BCUT2D eigenvalue weighted by Crippen LogP contribution is 2.40. The summed E-state index contributed by atoms with van der Waals surface area (Å²) in [5.74, 6) is 0.718. The molecule has 0 spiro atoms. The van der Waals surface area contributed by atoms with Crippen molar-refractivity contribution in [1.82, 2.24) is 9.97 Å². The summed E-state index contributed by atoms with van der Waals surface area (Å²) in [5.41, 5.74) is 1.89. The van der Waals surface area contributed by atoms with Gasteiger partial charge in [0.1, 0.15) is 5.82 Å². The van der Waals surface area contributed by atoms with E-state index < -0.39 is 12.5 Å². The second-order valence-corrected chi connectivity index (χ2v) is 5.01. The summed E-state index contributed by atoms with van der Waals surface area (Å²) in [6.45, 7) is 7.34. The van der Waals surface area contributed by atoms with E-state index >= 15 is 0 Å². The van der Waals surface area contributed by atoms with Gasteiger partial charge in [0.05, 0.1) is 6.10 Å². The van der Waals surface area contributed by atoms with Gasteiger partial charge in [-0.05, 0) is 18.4 Å². The number of H-pyrrole nitrogens is 1.